The molecule has 3 aromatic heterocycles. The summed E-state index contributed by atoms with van der Waals surface area (Å²) in [6.45, 7) is 3.30. The molecule has 2 N–H and O–H groups in total. The molecule has 2 saturated heterocycles. The highest BCUT2D eigenvalue weighted by atomic mass is 19.4. The summed E-state index contributed by atoms with van der Waals surface area (Å²) < 4.78 is 78.9. The summed E-state index contributed by atoms with van der Waals surface area (Å²) in [5.74, 6) is -1.33. The van der Waals surface area contributed by atoms with Crippen LogP contribution in [0.25, 0.3) is 21.9 Å². The Bertz CT molecular complexity index is 2480. The quantitative estimate of drug-likeness (QED) is 0.110. The number of ether oxygens (including phenoxy) is 1. The second kappa shape index (κ2) is 16.9. The maximum absolute atomic E-state index is 14.1. The van der Waals surface area contributed by atoms with Gasteiger partial charge in [0.15, 0.2) is 0 Å². The fraction of sp³-hybridized carbons (Fsp3) is 0.476. The Morgan fingerprint density at radius 1 is 0.983 bits per heavy atom. The van der Waals surface area contributed by atoms with Gasteiger partial charge in [-0.05, 0) is 93.2 Å². The number of piperidine rings is 2. The number of pyridine rings is 1. The number of halogens is 5. The summed E-state index contributed by atoms with van der Waals surface area (Å²) in [5, 5.41) is 9.80. The number of hydrogen-bond donors (Lipinski definition) is 2. The van der Waals surface area contributed by atoms with Crippen LogP contribution in [0.3, 0.4) is 0 Å². The first-order chi connectivity index (χ1) is 28.7. The Balaban J connectivity index is 0.815. The Labute approximate surface area is 340 Å². The van der Waals surface area contributed by atoms with Gasteiger partial charge in [0.2, 0.25) is 11.8 Å². The summed E-state index contributed by atoms with van der Waals surface area (Å²) >= 11 is 0. The van der Waals surface area contributed by atoms with Crippen LogP contribution in [0.1, 0.15) is 97.2 Å². The monoisotopic (exact) mass is 836 g/mol. The number of aryl methyl sites for hydroxylation is 1. The first-order valence-corrected chi connectivity index (χ1v) is 20.3. The van der Waals surface area contributed by atoms with Crippen molar-refractivity contribution >= 4 is 45.3 Å². The van der Waals surface area contributed by atoms with Gasteiger partial charge in [0.05, 0.1) is 41.0 Å². The molecule has 5 heterocycles. The number of carbonyl (C=O) groups excluding carboxylic acids is 3. The number of carbonyl (C=O) groups is 3. The largest absolute Gasteiger partial charge is 0.433 e. The second-order valence-electron chi connectivity index (χ2n) is 16.0. The van der Waals surface area contributed by atoms with Gasteiger partial charge < -0.3 is 15.0 Å². The van der Waals surface area contributed by atoms with Gasteiger partial charge in [-0.2, -0.15) is 18.3 Å². The third-order valence-electron chi connectivity index (χ3n) is 12.1. The molecule has 1 saturated carbocycles. The number of fused-ring (bicyclic) bond motifs is 2. The number of rotatable bonds is 11. The van der Waals surface area contributed by atoms with Crippen LogP contribution in [0.2, 0.25) is 0 Å². The van der Waals surface area contributed by atoms with Crippen LogP contribution in [-0.4, -0.2) is 78.9 Å². The van der Waals surface area contributed by atoms with Crippen LogP contribution in [-0.2, 0) is 34.0 Å². The van der Waals surface area contributed by atoms with Crippen molar-refractivity contribution in [1.82, 2.24) is 34.1 Å². The molecular weight excluding hydrogens is 792 g/mol. The summed E-state index contributed by atoms with van der Waals surface area (Å²) in [6.07, 6.45) is 0.697. The van der Waals surface area contributed by atoms with E-state index < -0.39 is 47.4 Å². The number of nitrogens with zero attached hydrogens (tertiary/aromatic N) is 6. The van der Waals surface area contributed by atoms with Crippen LogP contribution in [0.5, 0.6) is 0 Å². The molecule has 1 unspecified atom stereocenters. The number of nitrogens with one attached hydrogen (secondary N) is 2. The van der Waals surface area contributed by atoms with E-state index >= 15 is 0 Å². The van der Waals surface area contributed by atoms with Crippen LogP contribution >= 0.6 is 0 Å². The number of imidazole rings is 1. The predicted molar refractivity (Wildman–Crippen MR) is 211 cm³/mol. The van der Waals surface area contributed by atoms with E-state index in [1.165, 1.54) is 16.7 Å². The molecule has 0 bridgehead atoms. The van der Waals surface area contributed by atoms with Gasteiger partial charge in [0.25, 0.3) is 12.3 Å². The molecule has 2 aliphatic heterocycles. The normalized spacial score (nSPS) is 20.9. The number of hydrogen-bond acceptors (Lipinski definition) is 8. The highest BCUT2D eigenvalue weighted by Crippen LogP contribution is 2.36. The van der Waals surface area contributed by atoms with E-state index in [0.29, 0.717) is 35.4 Å². The molecule has 318 valence electrons. The smallest absolute Gasteiger partial charge is 0.378 e. The average Bonchev–Trinajstić information content (AvgIpc) is 3.75. The highest BCUT2D eigenvalue weighted by molar-refractivity contribution is 6.04. The Morgan fingerprint density at radius 3 is 2.45 bits per heavy atom. The van der Waals surface area contributed by atoms with E-state index in [4.69, 9.17) is 4.74 Å². The second-order valence-corrected chi connectivity index (χ2v) is 16.0. The number of para-hydroxylation sites is 1. The maximum atomic E-state index is 14.1. The number of aromatic nitrogens is 5. The van der Waals surface area contributed by atoms with Gasteiger partial charge in [-0.15, -0.1) is 0 Å². The van der Waals surface area contributed by atoms with E-state index in [2.05, 4.69) is 25.6 Å². The molecule has 3 amide bonds. The molecule has 0 spiro atoms. The number of anilines is 1. The minimum atomic E-state index is -4.77. The van der Waals surface area contributed by atoms with Crippen molar-refractivity contribution in [1.29, 1.82) is 0 Å². The van der Waals surface area contributed by atoms with E-state index in [9.17, 15) is 41.1 Å². The summed E-state index contributed by atoms with van der Waals surface area (Å²) in [7, 11) is 1.70. The number of alkyl halides is 5. The summed E-state index contributed by atoms with van der Waals surface area (Å²) in [6, 6.07) is 10.4. The van der Waals surface area contributed by atoms with E-state index in [1.54, 1.807) is 22.5 Å². The van der Waals surface area contributed by atoms with Crippen molar-refractivity contribution in [2.24, 2.45) is 13.0 Å². The van der Waals surface area contributed by atoms with E-state index in [0.717, 1.165) is 87.4 Å². The average molecular weight is 837 g/mol. The number of likely N-dealkylation sites (tertiary alicyclic amines) is 1. The fourth-order valence-corrected chi connectivity index (χ4v) is 8.99. The standard InChI is InChI=1S/C42H45F5N8O5/c1-52-37-25(4-2-6-33(37)55(41(52)59)34-12-13-36(56)50-40(34)58)16-19-60-28-14-17-53(18-15-28)22-24-8-10-27(11-9-24)54-23-26-20-32(29(38(43)44)21-31(26)51-54)49-39(57)30-5-3-7-35(48-30)42(45,46)47/h2-7,20-21,23-24,27-28,34,38H,8-19,22H2,1H3,(H,49,57)(H,50,56,58)/t24-,27-,34?. The third kappa shape index (κ3) is 8.57. The van der Waals surface area contributed by atoms with Crippen molar-refractivity contribution in [3.8, 4) is 0 Å². The molecule has 5 aromatic rings. The number of imide groups is 1. The van der Waals surface area contributed by atoms with Gasteiger partial charge in [0.1, 0.15) is 17.4 Å². The minimum Gasteiger partial charge on any atom is -0.378 e. The highest BCUT2D eigenvalue weighted by Gasteiger charge is 2.34. The van der Waals surface area contributed by atoms with Crippen LogP contribution in [0.4, 0.5) is 27.6 Å². The van der Waals surface area contributed by atoms with E-state index in [1.807, 2.05) is 18.2 Å². The molecule has 3 fully saturated rings. The lowest BCUT2D eigenvalue weighted by molar-refractivity contribution is -0.141. The zero-order valence-corrected chi connectivity index (χ0v) is 32.9. The molecule has 1 aliphatic carbocycles. The van der Waals surface area contributed by atoms with Gasteiger partial charge >= 0.3 is 11.9 Å². The van der Waals surface area contributed by atoms with Crippen molar-refractivity contribution in [2.45, 2.75) is 88.6 Å². The van der Waals surface area contributed by atoms with E-state index in [-0.39, 0.29) is 42.3 Å². The van der Waals surface area contributed by atoms with Crippen LogP contribution < -0.4 is 16.3 Å². The topological polar surface area (TPSA) is 145 Å². The predicted octanol–water partition coefficient (Wildman–Crippen LogP) is 6.73. The van der Waals surface area contributed by atoms with Gasteiger partial charge in [-0.3, -0.25) is 33.5 Å². The Hall–Kier alpha value is -5.49. The van der Waals surface area contributed by atoms with Gasteiger partial charge in [0, 0.05) is 50.2 Å². The molecule has 2 aromatic carbocycles. The summed E-state index contributed by atoms with van der Waals surface area (Å²) in [4.78, 5) is 56.2. The van der Waals surface area contributed by atoms with Crippen LogP contribution in [0.15, 0.2) is 59.5 Å². The number of amides is 3. The zero-order chi connectivity index (χ0) is 42.3. The molecule has 18 heteroatoms. The lowest BCUT2D eigenvalue weighted by atomic mass is 9.85. The van der Waals surface area contributed by atoms with Crippen molar-refractivity contribution in [3.63, 3.8) is 0 Å². The Morgan fingerprint density at radius 2 is 1.73 bits per heavy atom. The number of benzene rings is 2. The van der Waals surface area contributed by atoms with Crippen LogP contribution in [0, 0.1) is 5.92 Å². The van der Waals surface area contributed by atoms with Crippen molar-refractivity contribution < 1.29 is 41.1 Å². The molecule has 1 atom stereocenters. The molecular formula is C42H45F5N8O5. The first-order valence-electron chi connectivity index (χ1n) is 20.3. The van der Waals surface area contributed by atoms with Gasteiger partial charge in [-0.25, -0.2) is 18.6 Å². The third-order valence-corrected chi connectivity index (χ3v) is 12.1. The summed E-state index contributed by atoms with van der Waals surface area (Å²) in [5.41, 5.74) is -0.105. The van der Waals surface area contributed by atoms with Gasteiger partial charge in [-0.1, -0.05) is 18.2 Å². The molecule has 60 heavy (non-hydrogen) atoms. The fourth-order valence-electron chi connectivity index (χ4n) is 8.99. The van der Waals surface area contributed by atoms with Crippen molar-refractivity contribution in [2.75, 3.05) is 31.6 Å². The zero-order valence-electron chi connectivity index (χ0n) is 32.9. The van der Waals surface area contributed by atoms with Crippen molar-refractivity contribution in [3.05, 3.63) is 87.7 Å². The Kier molecular flexibility index (Phi) is 11.6. The molecule has 0 radical (unpaired) electrons. The first kappa shape index (κ1) is 41.3. The molecule has 8 rings (SSSR count). The lowest BCUT2D eigenvalue weighted by Crippen LogP contribution is -2.44. The minimum absolute atomic E-state index is 0.0689. The molecule has 3 aliphatic rings. The molecule has 13 nitrogen and oxygen atoms in total. The maximum Gasteiger partial charge on any atom is 0.433 e. The SMILES string of the molecule is Cn1c(=O)n(C2CCC(=O)NC2=O)c2cccc(CCOC3CCN(C[C@H]4CC[C@H](n5cc6cc(NC(=O)c7cccc(C(F)(F)F)n7)c(C(F)F)cc6n5)CC4)CC3)c21. The lowest BCUT2D eigenvalue weighted by Gasteiger charge is -2.36.